The summed E-state index contributed by atoms with van der Waals surface area (Å²) in [6.45, 7) is 1.75. The van der Waals surface area contributed by atoms with Crippen molar-refractivity contribution in [3.63, 3.8) is 0 Å². The van der Waals surface area contributed by atoms with Crippen LogP contribution >= 0.6 is 0 Å². The molecule has 6 nitrogen and oxygen atoms in total. The number of hydrogen-bond donors (Lipinski definition) is 2. The number of nitrogens with one attached hydrogen (secondary N) is 2. The van der Waals surface area contributed by atoms with Crippen molar-refractivity contribution in [1.29, 1.82) is 0 Å². The molecule has 1 heterocycles. The normalized spacial score (nSPS) is 16.8. The van der Waals surface area contributed by atoms with Crippen LogP contribution in [0.5, 0.6) is 5.75 Å². The van der Waals surface area contributed by atoms with Crippen molar-refractivity contribution < 1.29 is 19.1 Å². The van der Waals surface area contributed by atoms with Crippen LogP contribution < -0.4 is 15.4 Å². The monoisotopic (exact) mass is 320 g/mol. The summed E-state index contributed by atoms with van der Waals surface area (Å²) in [7, 11) is 1.61. The molecule has 1 aliphatic rings. The molecule has 6 heteroatoms. The molecule has 0 spiro atoms. The molecule has 2 rings (SSSR count). The van der Waals surface area contributed by atoms with Crippen molar-refractivity contribution in [2.75, 3.05) is 20.3 Å². The summed E-state index contributed by atoms with van der Waals surface area (Å²) in [5.41, 5.74) is 0.988. The van der Waals surface area contributed by atoms with Crippen molar-refractivity contribution in [2.45, 2.75) is 38.3 Å². The maximum absolute atomic E-state index is 11.8. The Morgan fingerprint density at radius 1 is 1.17 bits per heavy atom. The van der Waals surface area contributed by atoms with Crippen LogP contribution in [0.4, 0.5) is 0 Å². The van der Waals surface area contributed by atoms with Crippen molar-refractivity contribution in [3.05, 3.63) is 29.8 Å². The van der Waals surface area contributed by atoms with Gasteiger partial charge < -0.3 is 20.1 Å². The molecule has 1 saturated heterocycles. The highest BCUT2D eigenvalue weighted by Gasteiger charge is 2.16. The van der Waals surface area contributed by atoms with E-state index in [-0.39, 0.29) is 30.8 Å². The topological polar surface area (TPSA) is 76.7 Å². The SMILES string of the molecule is COc1ccc(CNC(=O)CCC(=O)NCC2CCCO2)cc1. The summed E-state index contributed by atoms with van der Waals surface area (Å²) in [6.07, 6.45) is 2.55. The Hall–Kier alpha value is -2.08. The molecule has 1 aliphatic heterocycles. The molecular weight excluding hydrogens is 296 g/mol. The Kier molecular flexibility index (Phi) is 6.87. The van der Waals surface area contributed by atoms with Crippen LogP contribution in [0.15, 0.2) is 24.3 Å². The Morgan fingerprint density at radius 2 is 1.87 bits per heavy atom. The Bertz CT molecular complexity index is 510. The van der Waals surface area contributed by atoms with Gasteiger partial charge in [0.15, 0.2) is 0 Å². The van der Waals surface area contributed by atoms with E-state index in [0.29, 0.717) is 13.1 Å². The molecule has 0 aromatic heterocycles. The number of methoxy groups -OCH3 is 1. The van der Waals surface area contributed by atoms with Crippen molar-refractivity contribution in [2.24, 2.45) is 0 Å². The van der Waals surface area contributed by atoms with Gasteiger partial charge in [-0.3, -0.25) is 9.59 Å². The third-order valence-electron chi connectivity index (χ3n) is 3.78. The maximum Gasteiger partial charge on any atom is 0.220 e. The van der Waals surface area contributed by atoms with E-state index in [9.17, 15) is 9.59 Å². The van der Waals surface area contributed by atoms with Crippen LogP contribution in [0.25, 0.3) is 0 Å². The second kappa shape index (κ2) is 9.15. The van der Waals surface area contributed by atoms with Gasteiger partial charge >= 0.3 is 0 Å². The average molecular weight is 320 g/mol. The van der Waals surface area contributed by atoms with Gasteiger partial charge in [0, 0.05) is 32.5 Å². The fourth-order valence-corrected chi connectivity index (χ4v) is 2.38. The van der Waals surface area contributed by atoms with E-state index in [0.717, 1.165) is 30.8 Å². The number of amides is 2. The van der Waals surface area contributed by atoms with Gasteiger partial charge in [-0.05, 0) is 30.5 Å². The van der Waals surface area contributed by atoms with Gasteiger partial charge in [-0.2, -0.15) is 0 Å². The first-order chi connectivity index (χ1) is 11.2. The zero-order valence-corrected chi connectivity index (χ0v) is 13.5. The molecule has 0 bridgehead atoms. The number of carbonyl (C=O) groups is 2. The van der Waals surface area contributed by atoms with Crippen molar-refractivity contribution in [1.82, 2.24) is 10.6 Å². The minimum Gasteiger partial charge on any atom is -0.497 e. The summed E-state index contributed by atoms with van der Waals surface area (Å²) in [4.78, 5) is 23.5. The summed E-state index contributed by atoms with van der Waals surface area (Å²) < 4.78 is 10.5. The average Bonchev–Trinajstić information content (AvgIpc) is 3.10. The van der Waals surface area contributed by atoms with Crippen molar-refractivity contribution >= 4 is 11.8 Å². The minimum absolute atomic E-state index is 0.111. The lowest BCUT2D eigenvalue weighted by Gasteiger charge is -2.10. The van der Waals surface area contributed by atoms with Gasteiger partial charge in [0.25, 0.3) is 0 Å². The number of hydrogen-bond acceptors (Lipinski definition) is 4. The third kappa shape index (κ3) is 6.28. The molecule has 23 heavy (non-hydrogen) atoms. The third-order valence-corrected chi connectivity index (χ3v) is 3.78. The second-order valence-corrected chi connectivity index (χ2v) is 5.56. The second-order valence-electron chi connectivity index (χ2n) is 5.56. The number of ether oxygens (including phenoxy) is 2. The number of benzene rings is 1. The van der Waals surface area contributed by atoms with Crippen LogP contribution in [-0.4, -0.2) is 38.2 Å². The lowest BCUT2D eigenvalue weighted by Crippen LogP contribution is -2.32. The van der Waals surface area contributed by atoms with Gasteiger partial charge in [-0.25, -0.2) is 0 Å². The molecule has 0 aliphatic carbocycles. The van der Waals surface area contributed by atoms with E-state index < -0.39 is 0 Å². The van der Waals surface area contributed by atoms with E-state index in [4.69, 9.17) is 9.47 Å². The predicted octanol–water partition coefficient (Wildman–Crippen LogP) is 1.39. The summed E-state index contributed by atoms with van der Waals surface area (Å²) in [5, 5.41) is 5.61. The molecule has 1 atom stereocenters. The standard InChI is InChI=1S/C17H24N2O4/c1-22-14-6-4-13(5-7-14)11-18-16(20)8-9-17(21)19-12-15-3-2-10-23-15/h4-7,15H,2-3,8-12H2,1H3,(H,18,20)(H,19,21). The van der Waals surface area contributed by atoms with Crippen molar-refractivity contribution in [3.8, 4) is 5.75 Å². The highest BCUT2D eigenvalue weighted by atomic mass is 16.5. The summed E-state index contributed by atoms with van der Waals surface area (Å²) in [5.74, 6) is 0.538. The zero-order chi connectivity index (χ0) is 16.5. The lowest BCUT2D eigenvalue weighted by atomic mass is 10.2. The van der Waals surface area contributed by atoms with E-state index in [1.165, 1.54) is 0 Å². The molecule has 2 amide bonds. The van der Waals surface area contributed by atoms with Crippen LogP contribution in [0.2, 0.25) is 0 Å². The molecular formula is C17H24N2O4. The predicted molar refractivity (Wildman–Crippen MR) is 86.1 cm³/mol. The molecule has 1 fully saturated rings. The van der Waals surface area contributed by atoms with Crippen LogP contribution in [-0.2, 0) is 20.9 Å². The number of rotatable bonds is 8. The highest BCUT2D eigenvalue weighted by Crippen LogP contribution is 2.11. The van der Waals surface area contributed by atoms with E-state index >= 15 is 0 Å². The lowest BCUT2D eigenvalue weighted by molar-refractivity contribution is -0.126. The minimum atomic E-state index is -0.131. The molecule has 1 unspecified atom stereocenters. The quantitative estimate of drug-likeness (QED) is 0.759. The molecule has 1 aromatic carbocycles. The van der Waals surface area contributed by atoms with Gasteiger partial charge in [0.2, 0.25) is 11.8 Å². The van der Waals surface area contributed by atoms with E-state index in [1.807, 2.05) is 24.3 Å². The Labute approximate surface area is 136 Å². The molecule has 2 N–H and O–H groups in total. The fourth-order valence-electron chi connectivity index (χ4n) is 2.38. The molecule has 1 aromatic rings. The first-order valence-electron chi connectivity index (χ1n) is 7.95. The Morgan fingerprint density at radius 3 is 2.48 bits per heavy atom. The van der Waals surface area contributed by atoms with E-state index in [2.05, 4.69) is 10.6 Å². The largest absolute Gasteiger partial charge is 0.497 e. The molecule has 126 valence electrons. The van der Waals surface area contributed by atoms with Gasteiger partial charge in [0.1, 0.15) is 5.75 Å². The smallest absolute Gasteiger partial charge is 0.220 e. The number of carbonyl (C=O) groups excluding carboxylic acids is 2. The van der Waals surface area contributed by atoms with E-state index in [1.54, 1.807) is 7.11 Å². The van der Waals surface area contributed by atoms with Crippen LogP contribution in [0.1, 0.15) is 31.2 Å². The Balaban J connectivity index is 1.59. The molecule has 0 radical (unpaired) electrons. The summed E-state index contributed by atoms with van der Waals surface area (Å²) in [6, 6.07) is 7.49. The highest BCUT2D eigenvalue weighted by molar-refractivity contribution is 5.83. The first-order valence-corrected chi connectivity index (χ1v) is 7.95. The summed E-state index contributed by atoms with van der Waals surface area (Å²) >= 11 is 0. The van der Waals surface area contributed by atoms with Crippen LogP contribution in [0.3, 0.4) is 0 Å². The first kappa shape index (κ1) is 17.3. The molecule has 0 saturated carbocycles. The fraction of sp³-hybridized carbons (Fsp3) is 0.529. The van der Waals surface area contributed by atoms with Gasteiger partial charge in [-0.1, -0.05) is 12.1 Å². The zero-order valence-electron chi connectivity index (χ0n) is 13.5. The maximum atomic E-state index is 11.8. The van der Waals surface area contributed by atoms with Gasteiger partial charge in [-0.15, -0.1) is 0 Å². The van der Waals surface area contributed by atoms with Gasteiger partial charge in [0.05, 0.1) is 13.2 Å². The van der Waals surface area contributed by atoms with Crippen LogP contribution in [0, 0.1) is 0 Å².